The topological polar surface area (TPSA) is 60.6 Å². The summed E-state index contributed by atoms with van der Waals surface area (Å²) in [7, 11) is 1.61. The van der Waals surface area contributed by atoms with Gasteiger partial charge >= 0.3 is 0 Å². The van der Waals surface area contributed by atoms with E-state index in [2.05, 4.69) is 15.0 Å². The largest absolute Gasteiger partial charge is 0.492 e. The Labute approximate surface area is 140 Å². The summed E-state index contributed by atoms with van der Waals surface area (Å²) >= 11 is 0. The van der Waals surface area contributed by atoms with Crippen LogP contribution in [-0.2, 0) is 11.3 Å². The molecule has 6 nitrogen and oxygen atoms in total. The fraction of sp³-hybridized carbons (Fsp3) is 0.529. The van der Waals surface area contributed by atoms with Crippen LogP contribution < -0.4 is 4.74 Å². The Bertz CT molecular complexity index is 632. The average molecular weight is 335 g/mol. The molecule has 1 unspecified atom stereocenters. The second-order valence-electron chi connectivity index (χ2n) is 5.83. The van der Waals surface area contributed by atoms with E-state index in [1.165, 1.54) is 12.1 Å². The van der Waals surface area contributed by atoms with Crippen molar-refractivity contribution in [2.24, 2.45) is 0 Å². The molecule has 130 valence electrons. The normalized spacial score (nSPS) is 18.7. The first-order chi connectivity index (χ1) is 11.8. The van der Waals surface area contributed by atoms with Crippen LogP contribution in [0.5, 0.6) is 5.75 Å². The number of methoxy groups -OCH3 is 1. The van der Waals surface area contributed by atoms with Crippen LogP contribution in [0.4, 0.5) is 4.39 Å². The lowest BCUT2D eigenvalue weighted by Gasteiger charge is -2.33. The third-order valence-electron chi connectivity index (χ3n) is 4.12. The van der Waals surface area contributed by atoms with Crippen molar-refractivity contribution in [3.63, 3.8) is 0 Å². The fourth-order valence-corrected chi connectivity index (χ4v) is 2.94. The number of piperidine rings is 1. The Morgan fingerprint density at radius 3 is 2.92 bits per heavy atom. The molecule has 0 spiro atoms. The Kier molecular flexibility index (Phi) is 5.77. The van der Waals surface area contributed by atoms with Gasteiger partial charge in [0.25, 0.3) is 0 Å². The lowest BCUT2D eigenvalue weighted by Crippen LogP contribution is -2.36. The molecule has 0 aliphatic carbocycles. The first-order valence-electron chi connectivity index (χ1n) is 8.20. The number of hydrogen-bond acceptors (Lipinski definition) is 6. The summed E-state index contributed by atoms with van der Waals surface area (Å²) in [6.45, 7) is 2.61. The minimum absolute atomic E-state index is 0.119. The van der Waals surface area contributed by atoms with Crippen LogP contribution in [-0.4, -0.2) is 41.8 Å². The Hall–Kier alpha value is -1.99. The maximum Gasteiger partial charge on any atom is 0.244 e. The van der Waals surface area contributed by atoms with Crippen LogP contribution in [0.15, 0.2) is 28.8 Å². The fourth-order valence-electron chi connectivity index (χ4n) is 2.94. The van der Waals surface area contributed by atoms with Gasteiger partial charge in [-0.2, -0.15) is 4.98 Å². The van der Waals surface area contributed by atoms with Gasteiger partial charge in [0, 0.05) is 13.7 Å². The van der Waals surface area contributed by atoms with E-state index in [-0.39, 0.29) is 11.9 Å². The third kappa shape index (κ3) is 4.30. The van der Waals surface area contributed by atoms with Crippen LogP contribution >= 0.6 is 0 Å². The zero-order valence-corrected chi connectivity index (χ0v) is 13.8. The molecule has 0 amide bonds. The molecule has 1 atom stereocenters. The monoisotopic (exact) mass is 335 g/mol. The van der Waals surface area contributed by atoms with E-state index < -0.39 is 0 Å². The van der Waals surface area contributed by atoms with Crippen molar-refractivity contribution in [2.75, 3.05) is 26.8 Å². The molecule has 3 rings (SSSR count). The molecule has 0 radical (unpaired) electrons. The molecule has 0 saturated carbocycles. The highest BCUT2D eigenvalue weighted by molar-refractivity contribution is 5.22. The molecule has 1 aromatic heterocycles. The Morgan fingerprint density at radius 1 is 1.29 bits per heavy atom. The maximum absolute atomic E-state index is 12.9. The second-order valence-corrected chi connectivity index (χ2v) is 5.83. The van der Waals surface area contributed by atoms with Gasteiger partial charge in [-0.1, -0.05) is 11.6 Å². The number of hydrogen-bond donors (Lipinski definition) is 0. The SMILES string of the molecule is COCc1noc(C2CCCCN2CCOc2ccc(F)cc2)n1. The van der Waals surface area contributed by atoms with Crippen molar-refractivity contribution in [3.8, 4) is 5.75 Å². The summed E-state index contributed by atoms with van der Waals surface area (Å²) in [5.41, 5.74) is 0. The van der Waals surface area contributed by atoms with Gasteiger partial charge in [-0.25, -0.2) is 4.39 Å². The molecular weight excluding hydrogens is 313 g/mol. The summed E-state index contributed by atoms with van der Waals surface area (Å²) in [5, 5.41) is 3.95. The first-order valence-corrected chi connectivity index (χ1v) is 8.20. The van der Waals surface area contributed by atoms with E-state index >= 15 is 0 Å². The minimum Gasteiger partial charge on any atom is -0.492 e. The Morgan fingerprint density at radius 2 is 2.12 bits per heavy atom. The van der Waals surface area contributed by atoms with Gasteiger partial charge in [0.2, 0.25) is 5.89 Å². The van der Waals surface area contributed by atoms with Crippen molar-refractivity contribution in [1.29, 1.82) is 0 Å². The van der Waals surface area contributed by atoms with Gasteiger partial charge in [-0.3, -0.25) is 4.90 Å². The molecule has 24 heavy (non-hydrogen) atoms. The molecule has 1 aliphatic rings. The van der Waals surface area contributed by atoms with Gasteiger partial charge in [0.1, 0.15) is 24.8 Å². The molecule has 1 aromatic carbocycles. The summed E-state index contributed by atoms with van der Waals surface area (Å²) in [5.74, 6) is 1.62. The summed E-state index contributed by atoms with van der Waals surface area (Å²) < 4.78 is 29.0. The highest BCUT2D eigenvalue weighted by atomic mass is 19.1. The van der Waals surface area contributed by atoms with E-state index in [1.807, 2.05) is 0 Å². The van der Waals surface area contributed by atoms with E-state index in [4.69, 9.17) is 14.0 Å². The van der Waals surface area contributed by atoms with Crippen molar-refractivity contribution in [2.45, 2.75) is 31.9 Å². The quantitative estimate of drug-likeness (QED) is 0.775. The zero-order chi connectivity index (χ0) is 16.8. The van der Waals surface area contributed by atoms with Gasteiger partial charge < -0.3 is 14.0 Å². The molecule has 1 saturated heterocycles. The first kappa shape index (κ1) is 16.9. The smallest absolute Gasteiger partial charge is 0.244 e. The van der Waals surface area contributed by atoms with Crippen LogP contribution in [0.25, 0.3) is 0 Å². The van der Waals surface area contributed by atoms with E-state index in [0.717, 1.165) is 32.4 Å². The molecule has 0 N–H and O–H groups in total. The predicted octanol–water partition coefficient (Wildman–Crippen LogP) is 2.96. The number of ether oxygens (including phenoxy) is 2. The van der Waals surface area contributed by atoms with Crippen LogP contribution in [0, 0.1) is 5.82 Å². The molecule has 0 bridgehead atoms. The standard InChI is InChI=1S/C17H22FN3O3/c1-22-12-16-19-17(24-20-16)15-4-2-3-9-21(15)10-11-23-14-7-5-13(18)6-8-14/h5-8,15H,2-4,9-12H2,1H3. The average Bonchev–Trinajstić information content (AvgIpc) is 3.06. The van der Waals surface area contributed by atoms with Gasteiger partial charge in [-0.15, -0.1) is 0 Å². The highest BCUT2D eigenvalue weighted by Crippen LogP contribution is 2.29. The predicted molar refractivity (Wildman–Crippen MR) is 85.1 cm³/mol. The van der Waals surface area contributed by atoms with E-state index in [0.29, 0.717) is 30.7 Å². The van der Waals surface area contributed by atoms with Gasteiger partial charge in [-0.05, 0) is 43.7 Å². The molecule has 2 aromatic rings. The number of rotatable bonds is 7. The van der Waals surface area contributed by atoms with E-state index in [9.17, 15) is 4.39 Å². The third-order valence-corrected chi connectivity index (χ3v) is 4.12. The van der Waals surface area contributed by atoms with Crippen molar-refractivity contribution >= 4 is 0 Å². The second kappa shape index (κ2) is 8.21. The summed E-state index contributed by atoms with van der Waals surface area (Å²) in [4.78, 5) is 6.73. The highest BCUT2D eigenvalue weighted by Gasteiger charge is 2.28. The van der Waals surface area contributed by atoms with Crippen LogP contribution in [0.2, 0.25) is 0 Å². The number of benzene rings is 1. The van der Waals surface area contributed by atoms with Crippen molar-refractivity contribution in [1.82, 2.24) is 15.0 Å². The van der Waals surface area contributed by atoms with Gasteiger partial charge in [0.15, 0.2) is 5.82 Å². The zero-order valence-electron chi connectivity index (χ0n) is 13.8. The molecule has 2 heterocycles. The van der Waals surface area contributed by atoms with Crippen molar-refractivity contribution < 1.29 is 18.4 Å². The lowest BCUT2D eigenvalue weighted by atomic mass is 10.0. The maximum atomic E-state index is 12.9. The lowest BCUT2D eigenvalue weighted by molar-refractivity contribution is 0.0999. The number of likely N-dealkylation sites (tertiary alicyclic amines) is 1. The van der Waals surface area contributed by atoms with E-state index in [1.54, 1.807) is 19.2 Å². The van der Waals surface area contributed by atoms with Crippen LogP contribution in [0.1, 0.15) is 37.0 Å². The molecular formula is C17H22FN3O3. The van der Waals surface area contributed by atoms with Gasteiger partial charge in [0.05, 0.1) is 6.04 Å². The summed E-state index contributed by atoms with van der Waals surface area (Å²) in [6, 6.07) is 6.19. The molecule has 1 fully saturated rings. The van der Waals surface area contributed by atoms with Crippen molar-refractivity contribution in [3.05, 3.63) is 41.8 Å². The summed E-state index contributed by atoms with van der Waals surface area (Å²) in [6.07, 6.45) is 3.28. The number of aromatic nitrogens is 2. The number of nitrogens with zero attached hydrogens (tertiary/aromatic N) is 3. The molecule has 1 aliphatic heterocycles. The Balaban J connectivity index is 1.56. The number of halogens is 1. The minimum atomic E-state index is -0.262. The molecule has 7 heteroatoms. The van der Waals surface area contributed by atoms with Crippen LogP contribution in [0.3, 0.4) is 0 Å².